The van der Waals surface area contributed by atoms with Gasteiger partial charge in [0.25, 0.3) is 0 Å². The molecule has 2 saturated heterocycles. The van der Waals surface area contributed by atoms with Crippen molar-refractivity contribution >= 4 is 29.3 Å². The van der Waals surface area contributed by atoms with Gasteiger partial charge >= 0.3 is 0 Å². The molecule has 0 radical (unpaired) electrons. The van der Waals surface area contributed by atoms with Crippen LogP contribution >= 0.6 is 11.6 Å². The van der Waals surface area contributed by atoms with Crippen molar-refractivity contribution in [1.29, 1.82) is 0 Å². The summed E-state index contributed by atoms with van der Waals surface area (Å²) in [5, 5.41) is 6.60. The Hall–Kier alpha value is -3.36. The van der Waals surface area contributed by atoms with Crippen molar-refractivity contribution in [3.8, 4) is 5.75 Å². The molecule has 5 rings (SSSR count). The van der Waals surface area contributed by atoms with Crippen molar-refractivity contribution in [1.82, 2.24) is 15.5 Å². The number of hydrogen-bond acceptors (Lipinski definition) is 5. The van der Waals surface area contributed by atoms with E-state index in [-0.39, 0.29) is 30.8 Å². The lowest BCUT2D eigenvalue weighted by Gasteiger charge is -2.35. The Morgan fingerprint density at radius 2 is 1.67 bits per heavy atom. The predicted molar refractivity (Wildman–Crippen MR) is 147 cm³/mol. The molecule has 3 heterocycles. The first-order valence-electron chi connectivity index (χ1n) is 13.0. The molecule has 3 amide bonds. The topological polar surface area (TPSA) is 97.0 Å². The summed E-state index contributed by atoms with van der Waals surface area (Å²) in [6.07, 6.45) is 3.65. The number of ether oxygens (including phenoxy) is 2. The number of halogens is 1. The molecule has 206 valence electrons. The van der Waals surface area contributed by atoms with Gasteiger partial charge in [0.2, 0.25) is 17.7 Å². The number of rotatable bonds is 7. The Balaban J connectivity index is 1.46. The maximum absolute atomic E-state index is 14.1. The maximum atomic E-state index is 14.1. The lowest BCUT2D eigenvalue weighted by molar-refractivity contribution is -0.146. The molecule has 0 aliphatic carbocycles. The fourth-order valence-corrected chi connectivity index (χ4v) is 6.19. The highest BCUT2D eigenvalue weighted by molar-refractivity contribution is 6.30. The van der Waals surface area contributed by atoms with Crippen LogP contribution < -0.4 is 15.4 Å². The molecule has 9 heteroatoms. The van der Waals surface area contributed by atoms with Gasteiger partial charge in [0, 0.05) is 23.7 Å². The number of fused-ring (bicyclic) bond motifs is 1. The minimum Gasteiger partial charge on any atom is -0.497 e. The van der Waals surface area contributed by atoms with Crippen LogP contribution in [0.3, 0.4) is 0 Å². The third-order valence-electron chi connectivity index (χ3n) is 7.72. The van der Waals surface area contributed by atoms with Gasteiger partial charge < -0.3 is 25.0 Å². The van der Waals surface area contributed by atoms with Crippen molar-refractivity contribution in [2.45, 2.75) is 63.6 Å². The van der Waals surface area contributed by atoms with Crippen LogP contribution in [0, 0.1) is 11.8 Å². The van der Waals surface area contributed by atoms with Gasteiger partial charge in [-0.1, -0.05) is 48.0 Å². The number of nitrogens with zero attached hydrogens (tertiary/aromatic N) is 1. The van der Waals surface area contributed by atoms with Gasteiger partial charge in [-0.25, -0.2) is 0 Å². The highest BCUT2D eigenvalue weighted by atomic mass is 35.5. The van der Waals surface area contributed by atoms with Gasteiger partial charge in [-0.15, -0.1) is 0 Å². The summed E-state index contributed by atoms with van der Waals surface area (Å²) < 4.78 is 11.8. The highest BCUT2D eigenvalue weighted by Gasteiger charge is 2.76. The number of amides is 3. The normalized spacial score (nSPS) is 28.9. The molecular formula is C30H34ClN3O5. The Bertz CT molecular complexity index is 1320. The van der Waals surface area contributed by atoms with Gasteiger partial charge in [-0.2, -0.15) is 0 Å². The first-order valence-corrected chi connectivity index (χ1v) is 13.4. The second-order valence-corrected chi connectivity index (χ2v) is 12.2. The van der Waals surface area contributed by atoms with E-state index in [0.29, 0.717) is 5.02 Å². The smallest absolute Gasteiger partial charge is 0.246 e. The molecule has 2 fully saturated rings. The first kappa shape index (κ1) is 27.2. The van der Waals surface area contributed by atoms with Crippen molar-refractivity contribution < 1.29 is 23.9 Å². The zero-order valence-electron chi connectivity index (χ0n) is 22.8. The highest BCUT2D eigenvalue weighted by Crippen LogP contribution is 2.59. The number of nitrogens with one attached hydrogen (secondary N) is 2. The minimum absolute atomic E-state index is 0.185. The molecule has 5 atom stereocenters. The Kier molecular flexibility index (Phi) is 6.75. The summed E-state index contributed by atoms with van der Waals surface area (Å²) in [5.41, 5.74) is -1.08. The molecule has 0 aromatic heterocycles. The van der Waals surface area contributed by atoms with Gasteiger partial charge in [-0.3, -0.25) is 14.4 Å². The van der Waals surface area contributed by atoms with E-state index in [9.17, 15) is 14.4 Å². The number of methoxy groups -OCH3 is 1. The largest absolute Gasteiger partial charge is 0.497 e. The second-order valence-electron chi connectivity index (χ2n) is 11.7. The molecular weight excluding hydrogens is 518 g/mol. The zero-order chi connectivity index (χ0) is 28.2. The zero-order valence-corrected chi connectivity index (χ0v) is 23.5. The van der Waals surface area contributed by atoms with E-state index in [2.05, 4.69) is 10.6 Å². The lowest BCUT2D eigenvalue weighted by atomic mass is 9.70. The van der Waals surface area contributed by atoms with Gasteiger partial charge in [-0.05, 0) is 63.1 Å². The molecule has 0 saturated carbocycles. The fraction of sp³-hybridized carbons (Fsp3) is 0.433. The number of carbonyl (C=O) groups excluding carboxylic acids is 3. The number of benzene rings is 2. The fourth-order valence-electron chi connectivity index (χ4n) is 6.07. The third kappa shape index (κ3) is 4.80. The van der Waals surface area contributed by atoms with Crippen LogP contribution in [-0.4, -0.2) is 52.5 Å². The molecule has 5 unspecified atom stereocenters. The second kappa shape index (κ2) is 9.68. The SMILES string of the molecule is COc1ccc(CNC(=O)C2C3C(=O)N(Cc4ccc(Cl)cc4)C(C(=O)NC(C)(C)C)C34C=CC2(C)O4)cc1. The molecule has 3 aliphatic rings. The molecule has 1 spiro atoms. The molecule has 39 heavy (non-hydrogen) atoms. The Morgan fingerprint density at radius 3 is 2.28 bits per heavy atom. The van der Waals surface area contributed by atoms with E-state index in [0.717, 1.165) is 16.9 Å². The van der Waals surface area contributed by atoms with Crippen LogP contribution in [0.25, 0.3) is 0 Å². The van der Waals surface area contributed by atoms with Crippen LogP contribution in [-0.2, 0) is 32.2 Å². The monoisotopic (exact) mass is 551 g/mol. The van der Waals surface area contributed by atoms with E-state index in [1.165, 1.54) is 0 Å². The molecule has 2 aromatic rings. The van der Waals surface area contributed by atoms with Gasteiger partial charge in [0.15, 0.2) is 0 Å². The molecule has 2 bridgehead atoms. The van der Waals surface area contributed by atoms with E-state index in [1.807, 2.05) is 76.2 Å². The lowest BCUT2D eigenvalue weighted by Crippen LogP contribution is -2.57. The summed E-state index contributed by atoms with van der Waals surface area (Å²) in [5.74, 6) is -1.80. The first-order chi connectivity index (χ1) is 18.4. The minimum atomic E-state index is -1.25. The van der Waals surface area contributed by atoms with Crippen molar-refractivity contribution in [2.24, 2.45) is 11.8 Å². The standard InChI is InChI=1S/C30H34ClN3O5/c1-28(2,3)33-26(36)24-30-15-14-29(4,39-30)22(25(35)32-16-18-8-12-21(38-5)13-9-18)23(30)27(37)34(24)17-19-6-10-20(31)11-7-19/h6-15,22-24H,16-17H2,1-5H3,(H,32,35)(H,33,36). The van der Waals surface area contributed by atoms with Crippen LogP contribution in [0.1, 0.15) is 38.8 Å². The number of hydrogen-bond donors (Lipinski definition) is 2. The summed E-state index contributed by atoms with van der Waals surface area (Å²) in [4.78, 5) is 43.2. The summed E-state index contributed by atoms with van der Waals surface area (Å²) in [6.45, 7) is 7.95. The average Bonchev–Trinajstić information content (AvgIpc) is 3.44. The average molecular weight is 552 g/mol. The van der Waals surface area contributed by atoms with Crippen LogP contribution in [0.5, 0.6) is 5.75 Å². The Morgan fingerprint density at radius 1 is 1.03 bits per heavy atom. The van der Waals surface area contributed by atoms with Crippen molar-refractivity contribution in [2.75, 3.05) is 7.11 Å². The Labute approximate surface area is 233 Å². The van der Waals surface area contributed by atoms with Gasteiger partial charge in [0.1, 0.15) is 17.4 Å². The van der Waals surface area contributed by atoms with E-state index >= 15 is 0 Å². The van der Waals surface area contributed by atoms with Gasteiger partial charge in [0.05, 0.1) is 24.5 Å². The molecule has 3 aliphatic heterocycles. The van der Waals surface area contributed by atoms with E-state index in [4.69, 9.17) is 21.1 Å². The van der Waals surface area contributed by atoms with E-state index < -0.39 is 34.6 Å². The summed E-state index contributed by atoms with van der Waals surface area (Å²) >= 11 is 6.07. The van der Waals surface area contributed by atoms with Crippen LogP contribution in [0.2, 0.25) is 5.02 Å². The van der Waals surface area contributed by atoms with Crippen molar-refractivity contribution in [3.63, 3.8) is 0 Å². The summed E-state index contributed by atoms with van der Waals surface area (Å²) in [7, 11) is 1.60. The molecule has 2 aromatic carbocycles. The molecule has 8 nitrogen and oxygen atoms in total. The van der Waals surface area contributed by atoms with Crippen molar-refractivity contribution in [3.05, 3.63) is 76.8 Å². The quantitative estimate of drug-likeness (QED) is 0.512. The predicted octanol–water partition coefficient (Wildman–Crippen LogP) is 3.62. The van der Waals surface area contributed by atoms with E-state index in [1.54, 1.807) is 24.1 Å². The van der Waals surface area contributed by atoms with Crippen LogP contribution in [0.4, 0.5) is 0 Å². The van der Waals surface area contributed by atoms with Crippen LogP contribution in [0.15, 0.2) is 60.7 Å². The number of likely N-dealkylation sites (tertiary alicyclic amines) is 1. The summed E-state index contributed by atoms with van der Waals surface area (Å²) in [6, 6.07) is 13.6. The number of carbonyl (C=O) groups is 3. The molecule has 2 N–H and O–H groups in total. The third-order valence-corrected chi connectivity index (χ3v) is 7.97. The maximum Gasteiger partial charge on any atom is 0.246 e.